The molecular formula is C17H21N3O. The van der Waals surface area contributed by atoms with Gasteiger partial charge in [0.05, 0.1) is 5.69 Å². The highest BCUT2D eigenvalue weighted by molar-refractivity contribution is 5.60. The molecule has 0 radical (unpaired) electrons. The summed E-state index contributed by atoms with van der Waals surface area (Å²) in [5.41, 5.74) is 2.98. The van der Waals surface area contributed by atoms with Crippen LogP contribution in [0, 0.1) is 0 Å². The van der Waals surface area contributed by atoms with Crippen molar-refractivity contribution < 1.29 is 0 Å². The first kappa shape index (κ1) is 13.9. The van der Waals surface area contributed by atoms with Crippen LogP contribution in [0.15, 0.2) is 35.1 Å². The summed E-state index contributed by atoms with van der Waals surface area (Å²) in [6.07, 6.45) is 4.78. The Morgan fingerprint density at radius 2 is 1.81 bits per heavy atom. The molecule has 4 nitrogen and oxygen atoms in total. The van der Waals surface area contributed by atoms with Gasteiger partial charge in [-0.15, -0.1) is 0 Å². The zero-order chi connectivity index (χ0) is 14.8. The summed E-state index contributed by atoms with van der Waals surface area (Å²) in [6.45, 7) is 0. The van der Waals surface area contributed by atoms with E-state index in [1.165, 1.54) is 12.8 Å². The molecule has 0 spiro atoms. The van der Waals surface area contributed by atoms with E-state index >= 15 is 0 Å². The molecule has 0 aliphatic heterocycles. The van der Waals surface area contributed by atoms with Gasteiger partial charge in [-0.05, 0) is 37.1 Å². The number of rotatable bonds is 3. The van der Waals surface area contributed by atoms with Gasteiger partial charge < -0.3 is 9.88 Å². The average molecular weight is 283 g/mol. The fourth-order valence-corrected chi connectivity index (χ4v) is 2.96. The van der Waals surface area contributed by atoms with Crippen LogP contribution in [0.4, 0.5) is 5.69 Å². The van der Waals surface area contributed by atoms with Crippen molar-refractivity contribution in [3.63, 3.8) is 0 Å². The van der Waals surface area contributed by atoms with Gasteiger partial charge in [-0.25, -0.2) is 4.98 Å². The van der Waals surface area contributed by atoms with Crippen LogP contribution < -0.4 is 10.5 Å². The molecule has 0 unspecified atom stereocenters. The molecule has 1 saturated carbocycles. The molecule has 1 N–H and O–H groups in total. The Kier molecular flexibility index (Phi) is 3.78. The van der Waals surface area contributed by atoms with Crippen LogP contribution in [0.5, 0.6) is 0 Å². The topological polar surface area (TPSA) is 49.0 Å². The number of benzene rings is 1. The molecule has 110 valence electrons. The number of aromatic nitrogens is 2. The smallest absolute Gasteiger partial charge is 0.251 e. The molecule has 1 fully saturated rings. The Bertz CT molecular complexity index is 667. The predicted octanol–water partition coefficient (Wildman–Crippen LogP) is 3.16. The lowest BCUT2D eigenvalue weighted by Crippen LogP contribution is -2.12. The van der Waals surface area contributed by atoms with E-state index < -0.39 is 0 Å². The van der Waals surface area contributed by atoms with Gasteiger partial charge in [0, 0.05) is 37.3 Å². The van der Waals surface area contributed by atoms with Crippen LogP contribution in [0.2, 0.25) is 0 Å². The van der Waals surface area contributed by atoms with Gasteiger partial charge in [0.1, 0.15) is 5.82 Å². The van der Waals surface area contributed by atoms with E-state index in [0.717, 1.165) is 29.8 Å². The number of H-pyrrole nitrogens is 1. The standard InChI is InChI=1S/C17H21N3O/c1-20(2)14-9-7-13(8-10-14)17-18-15(11-16(21)19-17)12-5-3-4-6-12/h7-12H,3-6H2,1-2H3,(H,18,19,21). The molecular weight excluding hydrogens is 262 g/mol. The summed E-state index contributed by atoms with van der Waals surface area (Å²) >= 11 is 0. The van der Waals surface area contributed by atoms with Crippen LogP contribution in [0.1, 0.15) is 37.3 Å². The average Bonchev–Trinajstić information content (AvgIpc) is 3.01. The number of hydrogen-bond acceptors (Lipinski definition) is 3. The quantitative estimate of drug-likeness (QED) is 0.941. The predicted molar refractivity (Wildman–Crippen MR) is 85.8 cm³/mol. The summed E-state index contributed by atoms with van der Waals surface area (Å²) < 4.78 is 0. The highest BCUT2D eigenvalue weighted by Gasteiger charge is 2.19. The molecule has 1 aromatic carbocycles. The second kappa shape index (κ2) is 5.72. The van der Waals surface area contributed by atoms with Gasteiger partial charge in [0.25, 0.3) is 5.56 Å². The van der Waals surface area contributed by atoms with Crippen LogP contribution >= 0.6 is 0 Å². The SMILES string of the molecule is CN(C)c1ccc(-c2nc(C3CCCC3)cc(=O)[nH]2)cc1. The monoisotopic (exact) mass is 283 g/mol. The van der Waals surface area contributed by atoms with E-state index in [0.29, 0.717) is 11.7 Å². The molecule has 2 aromatic rings. The van der Waals surface area contributed by atoms with Crippen LogP contribution in [-0.4, -0.2) is 24.1 Å². The first-order valence-corrected chi connectivity index (χ1v) is 7.52. The van der Waals surface area contributed by atoms with Crippen molar-refractivity contribution in [2.24, 2.45) is 0 Å². The number of hydrogen-bond donors (Lipinski definition) is 1. The van der Waals surface area contributed by atoms with E-state index in [1.54, 1.807) is 6.07 Å². The first-order valence-electron chi connectivity index (χ1n) is 7.52. The number of anilines is 1. The van der Waals surface area contributed by atoms with Crippen molar-refractivity contribution >= 4 is 5.69 Å². The second-order valence-electron chi connectivity index (χ2n) is 5.94. The largest absolute Gasteiger partial charge is 0.378 e. The Hall–Kier alpha value is -2.10. The lowest BCUT2D eigenvalue weighted by molar-refractivity contribution is 0.693. The second-order valence-corrected chi connectivity index (χ2v) is 5.94. The lowest BCUT2D eigenvalue weighted by Gasteiger charge is -2.13. The normalized spacial score (nSPS) is 15.3. The van der Waals surface area contributed by atoms with Crippen molar-refractivity contribution in [1.82, 2.24) is 9.97 Å². The third kappa shape index (κ3) is 2.99. The van der Waals surface area contributed by atoms with E-state index in [1.807, 2.05) is 38.4 Å². The third-order valence-electron chi connectivity index (χ3n) is 4.19. The van der Waals surface area contributed by atoms with E-state index in [2.05, 4.69) is 9.88 Å². The highest BCUT2D eigenvalue weighted by atomic mass is 16.1. The van der Waals surface area contributed by atoms with Crippen LogP contribution in [-0.2, 0) is 0 Å². The molecule has 1 heterocycles. The molecule has 0 saturated heterocycles. The zero-order valence-electron chi connectivity index (χ0n) is 12.6. The minimum absolute atomic E-state index is 0.0569. The van der Waals surface area contributed by atoms with E-state index in [4.69, 9.17) is 4.98 Å². The Morgan fingerprint density at radius 3 is 2.43 bits per heavy atom. The minimum atomic E-state index is -0.0569. The Labute approximate surface area is 124 Å². The molecule has 1 aliphatic rings. The first-order chi connectivity index (χ1) is 10.1. The minimum Gasteiger partial charge on any atom is -0.378 e. The summed E-state index contributed by atoms with van der Waals surface area (Å²) in [7, 11) is 4.02. The number of nitrogens with one attached hydrogen (secondary N) is 1. The maximum Gasteiger partial charge on any atom is 0.251 e. The maximum absolute atomic E-state index is 11.9. The Balaban J connectivity index is 1.95. The molecule has 3 rings (SSSR count). The molecule has 21 heavy (non-hydrogen) atoms. The summed E-state index contributed by atoms with van der Waals surface area (Å²) in [6, 6.07) is 9.75. The molecule has 0 bridgehead atoms. The number of aromatic amines is 1. The summed E-state index contributed by atoms with van der Waals surface area (Å²) in [5.74, 6) is 1.13. The van der Waals surface area contributed by atoms with Gasteiger partial charge in [0.2, 0.25) is 0 Å². The van der Waals surface area contributed by atoms with Gasteiger partial charge in [-0.2, -0.15) is 0 Å². The fourth-order valence-electron chi connectivity index (χ4n) is 2.96. The van der Waals surface area contributed by atoms with Crippen molar-refractivity contribution in [3.05, 3.63) is 46.4 Å². The lowest BCUT2D eigenvalue weighted by atomic mass is 10.0. The number of nitrogens with zero attached hydrogens (tertiary/aromatic N) is 2. The van der Waals surface area contributed by atoms with Gasteiger partial charge in [-0.1, -0.05) is 12.8 Å². The van der Waals surface area contributed by atoms with E-state index in [9.17, 15) is 4.79 Å². The molecule has 1 aliphatic carbocycles. The van der Waals surface area contributed by atoms with Crippen LogP contribution in [0.25, 0.3) is 11.4 Å². The van der Waals surface area contributed by atoms with Gasteiger partial charge >= 0.3 is 0 Å². The van der Waals surface area contributed by atoms with Crippen molar-refractivity contribution in [3.8, 4) is 11.4 Å². The van der Waals surface area contributed by atoms with Crippen molar-refractivity contribution in [1.29, 1.82) is 0 Å². The maximum atomic E-state index is 11.9. The van der Waals surface area contributed by atoms with E-state index in [-0.39, 0.29) is 5.56 Å². The summed E-state index contributed by atoms with van der Waals surface area (Å²) in [4.78, 5) is 21.5. The Morgan fingerprint density at radius 1 is 1.14 bits per heavy atom. The van der Waals surface area contributed by atoms with Crippen LogP contribution in [0.3, 0.4) is 0 Å². The summed E-state index contributed by atoms with van der Waals surface area (Å²) in [5, 5.41) is 0. The van der Waals surface area contributed by atoms with Gasteiger partial charge in [0.15, 0.2) is 0 Å². The molecule has 4 heteroatoms. The fraction of sp³-hybridized carbons (Fsp3) is 0.412. The van der Waals surface area contributed by atoms with Crippen molar-refractivity contribution in [2.45, 2.75) is 31.6 Å². The highest BCUT2D eigenvalue weighted by Crippen LogP contribution is 2.33. The molecule has 0 atom stereocenters. The molecule has 1 aromatic heterocycles. The van der Waals surface area contributed by atoms with Gasteiger partial charge in [-0.3, -0.25) is 4.79 Å². The van der Waals surface area contributed by atoms with Crippen molar-refractivity contribution in [2.75, 3.05) is 19.0 Å². The zero-order valence-corrected chi connectivity index (χ0v) is 12.6. The molecule has 0 amide bonds. The third-order valence-corrected chi connectivity index (χ3v) is 4.19.